The van der Waals surface area contributed by atoms with Crippen LogP contribution in [-0.4, -0.2) is 23.4 Å². The summed E-state index contributed by atoms with van der Waals surface area (Å²) in [5, 5.41) is 21.8. The van der Waals surface area contributed by atoms with Crippen LogP contribution < -0.4 is 4.90 Å². The Hall–Kier alpha value is -2.18. The summed E-state index contributed by atoms with van der Waals surface area (Å²) in [5.41, 5.74) is 0.351. The highest BCUT2D eigenvalue weighted by molar-refractivity contribution is 5.76. The second-order valence-corrected chi connectivity index (χ2v) is 3.98. The average molecular weight is 237 g/mol. The summed E-state index contributed by atoms with van der Waals surface area (Å²) >= 11 is 0. The molecule has 0 N–H and O–H groups in total. The molecule has 0 radical (unpaired) electrons. The topological polar surface area (TPSA) is 89.5 Å². The summed E-state index contributed by atoms with van der Waals surface area (Å²) in [5.74, 6) is 0. The molecule has 1 heterocycles. The van der Waals surface area contributed by atoms with Gasteiger partial charge in [-0.05, 0) is 24.5 Å². The monoisotopic (exact) mass is 237 g/mol. The van der Waals surface area contributed by atoms with Crippen molar-refractivity contribution in [3.05, 3.63) is 37.9 Å². The standard InChI is InChI=1S/C10H11N3O4/c1-11-6-2-3-7-4-5-8(12(14)15)10(9(7)11)13(16)17/h4-5H,2-3,6H2,1H3. The molecule has 1 aliphatic rings. The van der Waals surface area contributed by atoms with Gasteiger partial charge in [0.05, 0.1) is 9.85 Å². The van der Waals surface area contributed by atoms with E-state index in [0.717, 1.165) is 18.4 Å². The molecule has 7 heteroatoms. The maximum Gasteiger partial charge on any atom is 0.369 e. The van der Waals surface area contributed by atoms with Gasteiger partial charge in [0.1, 0.15) is 5.69 Å². The average Bonchev–Trinajstić information content (AvgIpc) is 2.27. The number of nitro groups is 2. The number of hydrogen-bond acceptors (Lipinski definition) is 5. The zero-order valence-electron chi connectivity index (χ0n) is 9.25. The van der Waals surface area contributed by atoms with Gasteiger partial charge in [-0.3, -0.25) is 20.2 Å². The van der Waals surface area contributed by atoms with E-state index in [0.29, 0.717) is 12.2 Å². The van der Waals surface area contributed by atoms with Crippen LogP contribution in [0.5, 0.6) is 0 Å². The van der Waals surface area contributed by atoms with Gasteiger partial charge in [0, 0.05) is 19.7 Å². The number of nitrogens with zero attached hydrogens (tertiary/aromatic N) is 3. The molecule has 0 unspecified atom stereocenters. The first kappa shape index (κ1) is 11.3. The Labute approximate surface area is 97.0 Å². The Bertz CT molecular complexity index is 501. The normalized spacial score (nSPS) is 14.3. The third-order valence-corrected chi connectivity index (χ3v) is 2.91. The summed E-state index contributed by atoms with van der Waals surface area (Å²) in [6, 6.07) is 2.83. The summed E-state index contributed by atoms with van der Waals surface area (Å²) < 4.78 is 0. The predicted octanol–water partition coefficient (Wildman–Crippen LogP) is 1.89. The van der Waals surface area contributed by atoms with E-state index in [1.165, 1.54) is 6.07 Å². The van der Waals surface area contributed by atoms with Gasteiger partial charge >= 0.3 is 11.4 Å². The summed E-state index contributed by atoms with van der Waals surface area (Å²) in [4.78, 5) is 22.2. The third-order valence-electron chi connectivity index (χ3n) is 2.91. The molecule has 17 heavy (non-hydrogen) atoms. The number of aryl methyl sites for hydroxylation is 1. The predicted molar refractivity (Wildman–Crippen MR) is 61.3 cm³/mol. The largest absolute Gasteiger partial charge is 0.369 e. The first-order chi connectivity index (χ1) is 8.02. The molecule has 0 fully saturated rings. The Kier molecular flexibility index (Phi) is 2.66. The molecule has 1 aromatic rings. The van der Waals surface area contributed by atoms with E-state index in [4.69, 9.17) is 0 Å². The van der Waals surface area contributed by atoms with Crippen LogP contribution in [-0.2, 0) is 6.42 Å². The smallest absolute Gasteiger partial charge is 0.369 e. The number of anilines is 1. The second kappa shape index (κ2) is 4.00. The molecule has 7 nitrogen and oxygen atoms in total. The van der Waals surface area contributed by atoms with Crippen molar-refractivity contribution in [3.63, 3.8) is 0 Å². The van der Waals surface area contributed by atoms with Crippen molar-refractivity contribution in [2.24, 2.45) is 0 Å². The molecule has 0 spiro atoms. The summed E-state index contributed by atoms with van der Waals surface area (Å²) in [7, 11) is 1.72. The van der Waals surface area contributed by atoms with E-state index < -0.39 is 21.2 Å². The zero-order valence-corrected chi connectivity index (χ0v) is 9.25. The van der Waals surface area contributed by atoms with Crippen LogP contribution in [0.15, 0.2) is 12.1 Å². The number of benzene rings is 1. The van der Waals surface area contributed by atoms with Gasteiger partial charge in [0.2, 0.25) is 0 Å². The SMILES string of the molecule is CN1CCCc2ccc([N+](=O)[O-])c([N+](=O)[O-])c21. The van der Waals surface area contributed by atoms with Gasteiger partial charge < -0.3 is 4.90 Å². The van der Waals surface area contributed by atoms with E-state index in [1.807, 2.05) is 0 Å². The third kappa shape index (κ3) is 1.79. The molecule has 0 aliphatic carbocycles. The molecule has 1 aromatic carbocycles. The van der Waals surface area contributed by atoms with E-state index in [-0.39, 0.29) is 0 Å². The number of fused-ring (bicyclic) bond motifs is 1. The minimum absolute atomic E-state index is 0.385. The van der Waals surface area contributed by atoms with Crippen molar-refractivity contribution in [2.45, 2.75) is 12.8 Å². The molecule has 1 aliphatic heterocycles. The fourth-order valence-corrected chi connectivity index (χ4v) is 2.18. The molecular formula is C10H11N3O4. The lowest BCUT2D eigenvalue weighted by atomic mass is 10.00. The lowest BCUT2D eigenvalue weighted by molar-refractivity contribution is -0.422. The molecular weight excluding hydrogens is 226 g/mol. The Morgan fingerprint density at radius 1 is 1.24 bits per heavy atom. The highest BCUT2D eigenvalue weighted by Crippen LogP contribution is 2.41. The lowest BCUT2D eigenvalue weighted by Gasteiger charge is -2.26. The molecule has 90 valence electrons. The van der Waals surface area contributed by atoms with Crippen molar-refractivity contribution in [2.75, 3.05) is 18.5 Å². The molecule has 0 saturated heterocycles. The maximum absolute atomic E-state index is 11.0. The summed E-state index contributed by atoms with van der Waals surface area (Å²) in [6.07, 6.45) is 1.62. The minimum atomic E-state index is -0.707. The van der Waals surface area contributed by atoms with Crippen molar-refractivity contribution in [1.82, 2.24) is 0 Å². The second-order valence-electron chi connectivity index (χ2n) is 3.98. The zero-order chi connectivity index (χ0) is 12.6. The highest BCUT2D eigenvalue weighted by Gasteiger charge is 2.33. The molecule has 2 rings (SSSR count). The highest BCUT2D eigenvalue weighted by atomic mass is 16.6. The van der Waals surface area contributed by atoms with Crippen molar-refractivity contribution < 1.29 is 9.85 Å². The van der Waals surface area contributed by atoms with Crippen molar-refractivity contribution >= 4 is 17.1 Å². The fourth-order valence-electron chi connectivity index (χ4n) is 2.18. The first-order valence-corrected chi connectivity index (χ1v) is 5.18. The molecule has 0 atom stereocenters. The van der Waals surface area contributed by atoms with Crippen LogP contribution in [0.1, 0.15) is 12.0 Å². The molecule has 0 aromatic heterocycles. The minimum Gasteiger partial charge on any atom is -0.369 e. The lowest BCUT2D eigenvalue weighted by Crippen LogP contribution is -2.26. The van der Waals surface area contributed by atoms with Gasteiger partial charge in [0.25, 0.3) is 0 Å². The summed E-state index contributed by atoms with van der Waals surface area (Å²) in [6.45, 7) is 0.676. The number of hydrogen-bond donors (Lipinski definition) is 0. The maximum atomic E-state index is 11.0. The fraction of sp³-hybridized carbons (Fsp3) is 0.400. The van der Waals surface area contributed by atoms with Gasteiger partial charge in [-0.15, -0.1) is 0 Å². The molecule has 0 amide bonds. The number of rotatable bonds is 2. The Morgan fingerprint density at radius 2 is 1.94 bits per heavy atom. The van der Waals surface area contributed by atoms with E-state index >= 15 is 0 Å². The van der Waals surface area contributed by atoms with Crippen LogP contribution in [0, 0.1) is 20.2 Å². The Balaban J connectivity index is 2.72. The van der Waals surface area contributed by atoms with Crippen molar-refractivity contribution in [3.8, 4) is 0 Å². The van der Waals surface area contributed by atoms with Crippen LogP contribution >= 0.6 is 0 Å². The van der Waals surface area contributed by atoms with E-state index in [1.54, 1.807) is 18.0 Å². The van der Waals surface area contributed by atoms with Gasteiger partial charge in [-0.1, -0.05) is 0 Å². The number of nitro benzene ring substituents is 2. The van der Waals surface area contributed by atoms with Crippen LogP contribution in [0.25, 0.3) is 0 Å². The van der Waals surface area contributed by atoms with Crippen LogP contribution in [0.3, 0.4) is 0 Å². The molecule has 0 saturated carbocycles. The van der Waals surface area contributed by atoms with Gasteiger partial charge in [-0.2, -0.15) is 0 Å². The molecule has 0 bridgehead atoms. The Morgan fingerprint density at radius 3 is 2.53 bits per heavy atom. The van der Waals surface area contributed by atoms with Crippen molar-refractivity contribution in [1.29, 1.82) is 0 Å². The van der Waals surface area contributed by atoms with Crippen LogP contribution in [0.4, 0.5) is 17.1 Å². The quantitative estimate of drug-likeness (QED) is 0.578. The van der Waals surface area contributed by atoms with Gasteiger partial charge in [-0.25, -0.2) is 0 Å². The van der Waals surface area contributed by atoms with Gasteiger partial charge in [0.15, 0.2) is 0 Å². The first-order valence-electron chi connectivity index (χ1n) is 5.18. The van der Waals surface area contributed by atoms with E-state index in [2.05, 4.69) is 0 Å². The van der Waals surface area contributed by atoms with E-state index in [9.17, 15) is 20.2 Å². The van der Waals surface area contributed by atoms with Crippen LogP contribution in [0.2, 0.25) is 0 Å².